The summed E-state index contributed by atoms with van der Waals surface area (Å²) in [6.07, 6.45) is -0.939. The van der Waals surface area contributed by atoms with Crippen LogP contribution in [0.2, 0.25) is 18.1 Å². The Balaban J connectivity index is 2.25. The van der Waals surface area contributed by atoms with E-state index in [-0.39, 0.29) is 18.1 Å². The number of aromatic nitrogens is 2. The number of ether oxygens (including phenoxy) is 1. The molecule has 1 saturated heterocycles. The molecule has 0 bridgehead atoms. The lowest BCUT2D eigenvalue weighted by atomic mass is 10.2. The van der Waals surface area contributed by atoms with Gasteiger partial charge in [0.2, 0.25) is 0 Å². The molecule has 0 aromatic carbocycles. The molecule has 2 heterocycles. The van der Waals surface area contributed by atoms with Gasteiger partial charge >= 0.3 is 12.5 Å². The van der Waals surface area contributed by atoms with E-state index in [1.165, 1.54) is 10.8 Å². The third-order valence-electron chi connectivity index (χ3n) is 5.32. The van der Waals surface area contributed by atoms with Crippen LogP contribution in [0.1, 0.15) is 39.0 Å². The number of H-pyrrole nitrogens is 1. The first-order chi connectivity index (χ1) is 12.6. The van der Waals surface area contributed by atoms with E-state index in [2.05, 4.69) is 50.7 Å². The fraction of sp³-hybridized carbons (Fsp3) is 0.750. The molecule has 1 unspecified atom stereocenters. The maximum Gasteiger partial charge on any atom is 0.363 e. The van der Waals surface area contributed by atoms with Crippen molar-refractivity contribution in [2.45, 2.75) is 70.7 Å². The van der Waals surface area contributed by atoms with Crippen molar-refractivity contribution in [1.82, 2.24) is 9.55 Å². The second-order valence-electron chi connectivity index (χ2n) is 8.51. The maximum absolute atomic E-state index is 13.7. The van der Waals surface area contributed by atoms with Gasteiger partial charge in [0.1, 0.15) is 18.4 Å². The van der Waals surface area contributed by atoms with Gasteiger partial charge in [0.25, 0.3) is 5.56 Å². The van der Waals surface area contributed by atoms with E-state index in [1.807, 2.05) is 0 Å². The number of nitrogens with one attached hydrogen (secondary N) is 1. The second-order valence-corrected chi connectivity index (χ2v) is 15.8. The topological polar surface area (TPSA) is 103 Å². The smallest absolute Gasteiger partial charge is 0.363 e. The highest BCUT2D eigenvalue weighted by Gasteiger charge is 2.43. The molecule has 12 heteroatoms. The van der Waals surface area contributed by atoms with Crippen LogP contribution in [0.15, 0.2) is 15.8 Å². The quantitative estimate of drug-likeness (QED) is 0.503. The highest BCUT2D eigenvalue weighted by atomic mass is 32.5. The Bertz CT molecular complexity index is 877. The molecule has 1 fully saturated rings. The van der Waals surface area contributed by atoms with E-state index in [0.29, 0.717) is 5.56 Å². The normalized spacial score (nSPS) is 25.6. The minimum absolute atomic E-state index is 0.0415. The Morgan fingerprint density at radius 2 is 2.07 bits per heavy atom. The molecule has 2 rings (SSSR count). The molecule has 8 nitrogen and oxygen atoms in total. The molecule has 160 valence electrons. The van der Waals surface area contributed by atoms with Crippen molar-refractivity contribution in [3.63, 3.8) is 0 Å². The van der Waals surface area contributed by atoms with Gasteiger partial charge in [-0.15, -0.1) is 0 Å². The van der Waals surface area contributed by atoms with Gasteiger partial charge in [0, 0.05) is 18.2 Å². The van der Waals surface area contributed by atoms with Gasteiger partial charge < -0.3 is 14.1 Å². The monoisotopic (exact) mass is 454 g/mol. The largest absolute Gasteiger partial charge is 0.414 e. The Morgan fingerprint density at radius 1 is 1.46 bits per heavy atom. The van der Waals surface area contributed by atoms with Crippen molar-refractivity contribution in [3.05, 3.63) is 32.6 Å². The number of nitrogens with zero attached hydrogens (tertiary/aromatic N) is 1. The SMILES string of the molecule is Cc1cn([C@H]2C[C@H](OP(O)(F)=S)[C@@H](CO[Si](C)(C)C(C)(C)C)O2)c(=O)[nH]c1=O. The van der Waals surface area contributed by atoms with Crippen LogP contribution < -0.4 is 11.2 Å². The summed E-state index contributed by atoms with van der Waals surface area (Å²) in [5.41, 5.74) is -0.798. The molecule has 0 aliphatic carbocycles. The molecule has 0 spiro atoms. The van der Waals surface area contributed by atoms with E-state index in [9.17, 15) is 18.7 Å². The summed E-state index contributed by atoms with van der Waals surface area (Å²) < 4.78 is 32.0. The Kier molecular flexibility index (Phi) is 6.92. The third kappa shape index (κ3) is 5.68. The number of halogens is 1. The van der Waals surface area contributed by atoms with Crippen molar-refractivity contribution < 1.29 is 22.8 Å². The summed E-state index contributed by atoms with van der Waals surface area (Å²) in [4.78, 5) is 35.3. The van der Waals surface area contributed by atoms with Gasteiger partial charge in [-0.2, -0.15) is 4.20 Å². The fourth-order valence-electron chi connectivity index (χ4n) is 2.61. The standard InChI is InChI=1S/C16H28FN2O6PSSi/c1-10-8-19(15(21)18-14(10)20)13-7-11(25-26(17,22)27)12(24-13)9-23-28(5,6)16(2,3)4/h8,11-13H,7,9H2,1-6H3,(H,22,27)(H,18,20,21)/t11-,12+,13+,26?/m0/s1. The number of hydrogen-bond donors (Lipinski definition) is 2. The maximum atomic E-state index is 13.7. The molecule has 1 aromatic rings. The van der Waals surface area contributed by atoms with Crippen LogP contribution in [0.5, 0.6) is 0 Å². The summed E-state index contributed by atoms with van der Waals surface area (Å²) in [6, 6.07) is 0. The predicted molar refractivity (Wildman–Crippen MR) is 110 cm³/mol. The van der Waals surface area contributed by atoms with Gasteiger partial charge in [-0.1, -0.05) is 20.8 Å². The lowest BCUT2D eigenvalue weighted by Gasteiger charge is -2.37. The molecule has 4 atom stereocenters. The first-order valence-electron chi connectivity index (χ1n) is 8.93. The average Bonchev–Trinajstić information content (AvgIpc) is 2.88. The van der Waals surface area contributed by atoms with E-state index in [0.717, 1.165) is 0 Å². The van der Waals surface area contributed by atoms with E-state index in [4.69, 9.17) is 13.7 Å². The van der Waals surface area contributed by atoms with Crippen LogP contribution in [0.25, 0.3) is 0 Å². The van der Waals surface area contributed by atoms with E-state index in [1.54, 1.807) is 6.92 Å². The van der Waals surface area contributed by atoms with Crippen LogP contribution in [0.3, 0.4) is 0 Å². The summed E-state index contributed by atoms with van der Waals surface area (Å²) in [6.45, 7) is 7.63. The van der Waals surface area contributed by atoms with Crippen molar-refractivity contribution >= 4 is 26.9 Å². The van der Waals surface area contributed by atoms with Crippen molar-refractivity contribution in [1.29, 1.82) is 0 Å². The number of aryl methyl sites for hydroxylation is 1. The van der Waals surface area contributed by atoms with Crippen LogP contribution in [-0.2, 0) is 25.5 Å². The highest BCUT2D eigenvalue weighted by molar-refractivity contribution is 8.06. The molecule has 1 aliphatic heterocycles. The first kappa shape index (κ1) is 23.6. The Labute approximate surface area is 169 Å². The number of rotatable bonds is 6. The van der Waals surface area contributed by atoms with Gasteiger partial charge in [0.15, 0.2) is 8.32 Å². The van der Waals surface area contributed by atoms with Crippen LogP contribution in [-0.4, -0.2) is 41.6 Å². The summed E-state index contributed by atoms with van der Waals surface area (Å²) in [5.74, 6) is 0. The van der Waals surface area contributed by atoms with Crippen molar-refractivity contribution in [2.24, 2.45) is 0 Å². The lowest BCUT2D eigenvalue weighted by molar-refractivity contribution is -0.0402. The molecule has 1 aromatic heterocycles. The Hall–Kier alpha value is -0.683. The summed E-state index contributed by atoms with van der Waals surface area (Å²) in [7, 11) is -2.11. The van der Waals surface area contributed by atoms with Crippen LogP contribution in [0, 0.1) is 6.92 Å². The zero-order valence-electron chi connectivity index (χ0n) is 16.9. The third-order valence-corrected chi connectivity index (χ3v) is 10.6. The zero-order chi connectivity index (χ0) is 21.5. The van der Waals surface area contributed by atoms with Crippen LogP contribution in [0.4, 0.5) is 4.20 Å². The number of hydrogen-bond acceptors (Lipinski definition) is 6. The molecule has 2 N–H and O–H groups in total. The van der Waals surface area contributed by atoms with Gasteiger partial charge in [0.05, 0.1) is 6.61 Å². The molecule has 1 aliphatic rings. The van der Waals surface area contributed by atoms with Gasteiger partial charge in [-0.3, -0.25) is 18.9 Å². The molecular formula is C16H28FN2O6PSSi. The fourth-order valence-corrected chi connectivity index (χ4v) is 4.51. The molecular weight excluding hydrogens is 426 g/mol. The van der Waals surface area contributed by atoms with E-state index >= 15 is 0 Å². The van der Waals surface area contributed by atoms with Crippen LogP contribution >= 0.6 is 6.80 Å². The van der Waals surface area contributed by atoms with Gasteiger partial charge in [-0.25, -0.2) is 4.79 Å². The van der Waals surface area contributed by atoms with Crippen molar-refractivity contribution in [3.8, 4) is 0 Å². The highest BCUT2D eigenvalue weighted by Crippen LogP contribution is 2.49. The van der Waals surface area contributed by atoms with Crippen molar-refractivity contribution in [2.75, 3.05) is 6.61 Å². The lowest BCUT2D eigenvalue weighted by Crippen LogP contribution is -2.44. The molecule has 0 saturated carbocycles. The Morgan fingerprint density at radius 3 is 2.61 bits per heavy atom. The molecule has 0 amide bonds. The molecule has 0 radical (unpaired) electrons. The van der Waals surface area contributed by atoms with E-state index < -0.39 is 44.8 Å². The minimum atomic E-state index is -4.43. The average molecular weight is 455 g/mol. The summed E-state index contributed by atoms with van der Waals surface area (Å²) >= 11 is 4.38. The second kappa shape index (κ2) is 8.21. The minimum Gasteiger partial charge on any atom is -0.414 e. The first-order valence-corrected chi connectivity index (χ1v) is 14.4. The van der Waals surface area contributed by atoms with Gasteiger partial charge in [-0.05, 0) is 36.9 Å². The predicted octanol–water partition coefficient (Wildman–Crippen LogP) is 2.73. The zero-order valence-corrected chi connectivity index (χ0v) is 19.6. The number of aromatic amines is 1. The summed E-state index contributed by atoms with van der Waals surface area (Å²) in [5, 5.41) is -0.0415. The molecule has 28 heavy (non-hydrogen) atoms.